The maximum atomic E-state index is 10.9. The largest absolute Gasteiger partial charge is 0.480 e. The fraction of sp³-hybridized carbons (Fsp3) is 0.600. The van der Waals surface area contributed by atoms with Gasteiger partial charge in [0, 0.05) is 30.6 Å². The van der Waals surface area contributed by atoms with E-state index < -0.39 is 17.4 Å². The molecule has 1 aromatic rings. The Morgan fingerprint density at radius 1 is 1.62 bits per heavy atom. The van der Waals surface area contributed by atoms with Crippen LogP contribution in [0.25, 0.3) is 0 Å². The van der Waals surface area contributed by atoms with Gasteiger partial charge in [-0.2, -0.15) is 0 Å². The minimum absolute atomic E-state index is 0.613. The van der Waals surface area contributed by atoms with Gasteiger partial charge in [0.1, 0.15) is 6.04 Å². The van der Waals surface area contributed by atoms with Gasteiger partial charge in [0.05, 0.1) is 0 Å². The van der Waals surface area contributed by atoms with E-state index in [0.29, 0.717) is 0 Å². The van der Waals surface area contributed by atoms with E-state index in [1.807, 2.05) is 32.8 Å². The van der Waals surface area contributed by atoms with Crippen LogP contribution in [0, 0.1) is 0 Å². The van der Waals surface area contributed by atoms with E-state index in [2.05, 4.69) is 4.98 Å². The molecule has 5 nitrogen and oxygen atoms in total. The van der Waals surface area contributed by atoms with Gasteiger partial charge in [0.15, 0.2) is 5.13 Å². The summed E-state index contributed by atoms with van der Waals surface area (Å²) in [4.78, 5) is 17.9. The summed E-state index contributed by atoms with van der Waals surface area (Å²) in [5.74, 6) is -0.996. The number of carboxylic acid groups (broad SMARTS) is 1. The maximum absolute atomic E-state index is 10.9. The average Bonchev–Trinajstić information content (AvgIpc) is 2.65. The predicted molar refractivity (Wildman–Crippen MR) is 65.1 cm³/mol. The third-order valence-corrected chi connectivity index (χ3v) is 4.06. The Bertz CT molecular complexity index is 387. The van der Waals surface area contributed by atoms with Gasteiger partial charge in [0.25, 0.3) is 0 Å². The molecular weight excluding hydrogens is 226 g/mol. The topological polar surface area (TPSA) is 79.5 Å². The Morgan fingerprint density at radius 3 is 2.56 bits per heavy atom. The molecule has 16 heavy (non-hydrogen) atoms. The van der Waals surface area contributed by atoms with Gasteiger partial charge in [-0.1, -0.05) is 13.8 Å². The highest BCUT2D eigenvalue weighted by Crippen LogP contribution is 2.33. The van der Waals surface area contributed by atoms with Crippen molar-refractivity contribution in [1.82, 2.24) is 4.98 Å². The van der Waals surface area contributed by atoms with E-state index in [-0.39, 0.29) is 0 Å². The average molecular weight is 243 g/mol. The smallest absolute Gasteiger partial charge is 0.321 e. The molecule has 1 atom stereocenters. The number of hydrogen-bond donors (Lipinski definition) is 2. The van der Waals surface area contributed by atoms with Crippen LogP contribution in [0.4, 0.5) is 5.13 Å². The minimum atomic E-state index is -0.996. The lowest BCUT2D eigenvalue weighted by Gasteiger charge is -2.26. The Hall–Kier alpha value is -1.14. The molecule has 3 N–H and O–H groups in total. The number of aromatic nitrogens is 1. The van der Waals surface area contributed by atoms with Gasteiger partial charge in [-0.15, -0.1) is 11.3 Å². The van der Waals surface area contributed by atoms with Gasteiger partial charge in [-0.3, -0.25) is 4.79 Å². The van der Waals surface area contributed by atoms with Crippen molar-refractivity contribution in [3.8, 4) is 0 Å². The number of carboxylic acids is 1. The fourth-order valence-electron chi connectivity index (χ4n) is 1.23. The molecule has 90 valence electrons. The molecule has 1 rings (SSSR count). The summed E-state index contributed by atoms with van der Waals surface area (Å²) in [5.41, 5.74) is 5.06. The van der Waals surface area contributed by atoms with Crippen molar-refractivity contribution in [3.05, 3.63) is 11.1 Å². The van der Waals surface area contributed by atoms with Gasteiger partial charge in [-0.05, 0) is 0 Å². The van der Waals surface area contributed by atoms with Crippen molar-refractivity contribution in [2.75, 3.05) is 19.0 Å². The molecule has 0 amide bonds. The van der Waals surface area contributed by atoms with Crippen LogP contribution in [0.15, 0.2) is 6.20 Å². The van der Waals surface area contributed by atoms with E-state index in [4.69, 9.17) is 10.8 Å². The molecule has 0 bridgehead atoms. The molecule has 6 heteroatoms. The molecule has 0 radical (unpaired) electrons. The first-order valence-corrected chi connectivity index (χ1v) is 5.70. The van der Waals surface area contributed by atoms with Crippen LogP contribution in [0.1, 0.15) is 18.7 Å². The van der Waals surface area contributed by atoms with E-state index in [0.717, 1.165) is 10.0 Å². The monoisotopic (exact) mass is 243 g/mol. The second-order valence-electron chi connectivity index (χ2n) is 4.44. The van der Waals surface area contributed by atoms with Gasteiger partial charge < -0.3 is 15.7 Å². The number of rotatable bonds is 4. The highest BCUT2D eigenvalue weighted by molar-refractivity contribution is 7.15. The van der Waals surface area contributed by atoms with Crippen LogP contribution >= 0.6 is 11.3 Å². The zero-order valence-electron chi connectivity index (χ0n) is 9.89. The summed E-state index contributed by atoms with van der Waals surface area (Å²) in [5, 5.41) is 9.79. The van der Waals surface area contributed by atoms with Gasteiger partial charge in [0.2, 0.25) is 0 Å². The van der Waals surface area contributed by atoms with Crippen molar-refractivity contribution < 1.29 is 9.90 Å². The van der Waals surface area contributed by atoms with Crippen molar-refractivity contribution in [2.45, 2.75) is 25.3 Å². The van der Waals surface area contributed by atoms with E-state index in [1.54, 1.807) is 6.20 Å². The predicted octanol–water partition coefficient (Wildman–Crippen LogP) is 0.899. The number of nitrogens with two attached hydrogens (primary N) is 1. The Labute approximate surface area is 98.9 Å². The first-order chi connectivity index (χ1) is 7.26. The lowest BCUT2D eigenvalue weighted by Crippen LogP contribution is -2.46. The molecule has 0 fully saturated rings. The zero-order chi connectivity index (χ0) is 12.5. The lowest BCUT2D eigenvalue weighted by atomic mass is 9.84. The Kier molecular flexibility index (Phi) is 3.54. The van der Waals surface area contributed by atoms with Crippen LogP contribution in [0.3, 0.4) is 0 Å². The van der Waals surface area contributed by atoms with Crippen LogP contribution in [0.5, 0.6) is 0 Å². The normalized spacial score (nSPS) is 13.6. The van der Waals surface area contributed by atoms with Crippen LogP contribution in [-0.2, 0) is 10.2 Å². The summed E-state index contributed by atoms with van der Waals surface area (Å²) in [6.07, 6.45) is 1.70. The maximum Gasteiger partial charge on any atom is 0.321 e. The zero-order valence-corrected chi connectivity index (χ0v) is 10.7. The molecule has 0 saturated carbocycles. The third-order valence-electron chi connectivity index (χ3n) is 2.55. The number of thiazole rings is 1. The van der Waals surface area contributed by atoms with Crippen LogP contribution in [0.2, 0.25) is 0 Å². The lowest BCUT2D eigenvalue weighted by molar-refractivity contribution is -0.140. The van der Waals surface area contributed by atoms with Gasteiger partial charge in [-0.25, -0.2) is 4.98 Å². The first kappa shape index (κ1) is 12.9. The summed E-state index contributed by atoms with van der Waals surface area (Å²) < 4.78 is 0. The Morgan fingerprint density at radius 2 is 2.19 bits per heavy atom. The van der Waals surface area contributed by atoms with Crippen molar-refractivity contribution in [1.29, 1.82) is 0 Å². The fourth-order valence-corrected chi connectivity index (χ4v) is 2.21. The number of aliphatic carboxylic acids is 1. The van der Waals surface area contributed by atoms with Crippen molar-refractivity contribution in [2.24, 2.45) is 5.73 Å². The highest BCUT2D eigenvalue weighted by atomic mass is 32.1. The summed E-state index contributed by atoms with van der Waals surface area (Å²) in [7, 11) is 3.79. The molecular formula is C10H17N3O2S. The summed E-state index contributed by atoms with van der Waals surface area (Å²) in [6, 6.07) is -0.928. The second kappa shape index (κ2) is 4.39. The van der Waals surface area contributed by atoms with E-state index >= 15 is 0 Å². The van der Waals surface area contributed by atoms with Crippen molar-refractivity contribution >= 4 is 22.4 Å². The molecule has 0 spiro atoms. The summed E-state index contributed by atoms with van der Waals surface area (Å²) >= 11 is 1.47. The number of carbonyl (C=O) groups is 1. The first-order valence-electron chi connectivity index (χ1n) is 4.89. The molecule has 1 heterocycles. The van der Waals surface area contributed by atoms with Gasteiger partial charge >= 0.3 is 5.97 Å². The Balaban J connectivity index is 3.02. The quantitative estimate of drug-likeness (QED) is 0.821. The minimum Gasteiger partial charge on any atom is -0.480 e. The summed E-state index contributed by atoms with van der Waals surface area (Å²) in [6.45, 7) is 3.64. The van der Waals surface area contributed by atoms with E-state index in [9.17, 15) is 4.79 Å². The molecule has 0 aliphatic heterocycles. The molecule has 0 aromatic carbocycles. The van der Waals surface area contributed by atoms with Crippen LogP contribution < -0.4 is 10.6 Å². The number of anilines is 1. The standard InChI is InChI=1S/C10H17N3O2S/c1-10(2,7(11)8(14)15)6-5-12-9(16-6)13(3)4/h5,7H,11H2,1-4H3,(H,14,15). The molecule has 1 unspecified atom stereocenters. The molecule has 0 aliphatic rings. The highest BCUT2D eigenvalue weighted by Gasteiger charge is 2.35. The van der Waals surface area contributed by atoms with E-state index in [1.165, 1.54) is 11.3 Å². The SMILES string of the molecule is CN(C)c1ncc(C(C)(C)C(N)C(=O)O)s1. The third kappa shape index (κ3) is 2.33. The van der Waals surface area contributed by atoms with Crippen LogP contribution in [-0.4, -0.2) is 36.2 Å². The number of nitrogens with zero attached hydrogens (tertiary/aromatic N) is 2. The molecule has 0 aliphatic carbocycles. The molecule has 1 aromatic heterocycles. The van der Waals surface area contributed by atoms with Crippen molar-refractivity contribution in [3.63, 3.8) is 0 Å². The second-order valence-corrected chi connectivity index (χ2v) is 5.45. The molecule has 0 saturated heterocycles. The number of hydrogen-bond acceptors (Lipinski definition) is 5.